The molecule has 0 amide bonds. The molecule has 2 aromatic rings. The van der Waals surface area contributed by atoms with Crippen LogP contribution in [0.5, 0.6) is 0 Å². The van der Waals surface area contributed by atoms with Crippen LogP contribution in [0.25, 0.3) is 0 Å². The van der Waals surface area contributed by atoms with Gasteiger partial charge in [0.15, 0.2) is 11.5 Å². The van der Waals surface area contributed by atoms with Crippen LogP contribution in [-0.4, -0.2) is 23.8 Å². The van der Waals surface area contributed by atoms with Gasteiger partial charge in [-0.25, -0.2) is 0 Å². The molecular weight excluding hydrogens is 232 g/mol. The molecule has 0 unspecified atom stereocenters. The van der Waals surface area contributed by atoms with E-state index in [1.165, 1.54) is 7.11 Å². The van der Waals surface area contributed by atoms with Gasteiger partial charge >= 0.3 is 0 Å². The van der Waals surface area contributed by atoms with Crippen LogP contribution in [0.3, 0.4) is 0 Å². The van der Waals surface area contributed by atoms with Crippen molar-refractivity contribution in [2.75, 3.05) is 7.11 Å². The first-order chi connectivity index (χ1) is 8.74. The summed E-state index contributed by atoms with van der Waals surface area (Å²) in [6.07, 6.45) is 0. The number of carbonyl (C=O) groups is 1. The first kappa shape index (κ1) is 10.7. The van der Waals surface area contributed by atoms with E-state index in [-0.39, 0.29) is 5.78 Å². The van der Waals surface area contributed by atoms with Gasteiger partial charge in [0.2, 0.25) is 5.76 Å². The molecule has 0 atom stereocenters. The summed E-state index contributed by atoms with van der Waals surface area (Å²) in [7, 11) is 1.45. The second kappa shape index (κ2) is 3.80. The van der Waals surface area contributed by atoms with Gasteiger partial charge in [-0.15, -0.1) is 0 Å². The molecule has 0 spiro atoms. The molecule has 1 heterocycles. The summed E-state index contributed by atoms with van der Waals surface area (Å²) >= 11 is 0. The minimum absolute atomic E-state index is 0.0885. The van der Waals surface area contributed by atoms with Crippen molar-refractivity contribution in [3.63, 3.8) is 0 Å². The van der Waals surface area contributed by atoms with Gasteiger partial charge in [-0.2, -0.15) is 0 Å². The molecule has 0 aliphatic heterocycles. The number of hydrogen-bond donors (Lipinski definition) is 0. The zero-order valence-electron chi connectivity index (χ0n) is 9.93. The molecule has 5 nitrogen and oxygen atoms in total. The number of hydrogen-bond acceptors (Lipinski definition) is 5. The van der Waals surface area contributed by atoms with Gasteiger partial charge in [-0.3, -0.25) is 4.79 Å². The van der Waals surface area contributed by atoms with Gasteiger partial charge in [0.25, 0.3) is 0 Å². The summed E-state index contributed by atoms with van der Waals surface area (Å²) in [5.74, 6) is 0.285. The maximum Gasteiger partial charge on any atom is 0.200 e. The van der Waals surface area contributed by atoms with Crippen LogP contribution in [-0.2, 0) is 4.84 Å². The van der Waals surface area contributed by atoms with E-state index in [1.807, 2.05) is 18.2 Å². The highest BCUT2D eigenvalue weighted by Crippen LogP contribution is 2.29. The number of fused-ring (bicyclic) bond motifs is 2. The van der Waals surface area contributed by atoms with Crippen molar-refractivity contribution < 1.29 is 14.2 Å². The van der Waals surface area contributed by atoms with Crippen LogP contribution in [0.15, 0.2) is 33.9 Å². The summed E-state index contributed by atoms with van der Waals surface area (Å²) < 4.78 is 5.20. The first-order valence-corrected chi connectivity index (χ1v) is 5.46. The van der Waals surface area contributed by atoms with E-state index in [0.717, 1.165) is 0 Å². The number of oxime groups is 1. The highest BCUT2D eigenvalue weighted by atomic mass is 16.6. The quantitative estimate of drug-likeness (QED) is 0.611. The maximum absolute atomic E-state index is 12.3. The number of rotatable bonds is 1. The maximum atomic E-state index is 12.3. The molecule has 0 radical (unpaired) electrons. The Morgan fingerprint density at radius 1 is 1.28 bits per heavy atom. The molecule has 1 aliphatic rings. The van der Waals surface area contributed by atoms with E-state index in [4.69, 9.17) is 9.36 Å². The second-order valence-electron chi connectivity index (χ2n) is 3.97. The number of ketones is 1. The fourth-order valence-electron chi connectivity index (χ4n) is 2.13. The molecule has 1 aliphatic carbocycles. The van der Waals surface area contributed by atoms with Crippen LogP contribution in [0.4, 0.5) is 0 Å². The number of benzene rings is 1. The topological polar surface area (TPSA) is 64.7 Å². The van der Waals surface area contributed by atoms with Gasteiger partial charge in [-0.1, -0.05) is 34.6 Å². The summed E-state index contributed by atoms with van der Waals surface area (Å²) in [6.45, 7) is 1.73. The molecule has 0 saturated heterocycles. The fourth-order valence-corrected chi connectivity index (χ4v) is 2.13. The number of nitrogens with zero attached hydrogens (tertiary/aromatic N) is 2. The summed E-state index contributed by atoms with van der Waals surface area (Å²) in [5, 5.41) is 7.78. The molecular formula is C13H10N2O3. The lowest BCUT2D eigenvalue weighted by Gasteiger charge is -2.14. The molecule has 1 aromatic heterocycles. The lowest BCUT2D eigenvalue weighted by molar-refractivity contribution is 0.103. The Hall–Kier alpha value is -2.43. The van der Waals surface area contributed by atoms with E-state index in [0.29, 0.717) is 33.9 Å². The molecule has 0 saturated carbocycles. The number of aromatic nitrogens is 1. The van der Waals surface area contributed by atoms with E-state index >= 15 is 0 Å². The Morgan fingerprint density at radius 2 is 2.00 bits per heavy atom. The van der Waals surface area contributed by atoms with Gasteiger partial charge in [0, 0.05) is 11.1 Å². The third-order valence-corrected chi connectivity index (χ3v) is 2.91. The van der Waals surface area contributed by atoms with E-state index in [2.05, 4.69) is 10.3 Å². The van der Waals surface area contributed by atoms with Crippen LogP contribution >= 0.6 is 0 Å². The lowest BCUT2D eigenvalue weighted by atomic mass is 9.87. The van der Waals surface area contributed by atoms with Gasteiger partial charge in [-0.05, 0) is 6.92 Å². The summed E-state index contributed by atoms with van der Waals surface area (Å²) in [4.78, 5) is 17.2. The number of carbonyl (C=O) groups excluding carboxylic acids is 1. The Labute approximate surface area is 103 Å². The predicted octanol–water partition coefficient (Wildman–Crippen LogP) is 1.93. The molecule has 1 aromatic carbocycles. The SMILES string of the molecule is CO/N=C1/c2ccccc2C(=O)c2c(C)noc21. The Balaban J connectivity index is 2.35. The van der Waals surface area contributed by atoms with Gasteiger partial charge in [0.05, 0.1) is 11.3 Å². The first-order valence-electron chi connectivity index (χ1n) is 5.46. The van der Waals surface area contributed by atoms with Crippen molar-refractivity contribution in [2.24, 2.45) is 5.16 Å². The molecule has 18 heavy (non-hydrogen) atoms. The fraction of sp³-hybridized carbons (Fsp3) is 0.154. The molecule has 3 rings (SSSR count). The van der Waals surface area contributed by atoms with Crippen molar-refractivity contribution in [3.8, 4) is 0 Å². The average molecular weight is 242 g/mol. The Morgan fingerprint density at radius 3 is 2.72 bits per heavy atom. The van der Waals surface area contributed by atoms with Crippen LogP contribution in [0.1, 0.15) is 32.9 Å². The molecule has 90 valence electrons. The minimum atomic E-state index is -0.0885. The molecule has 5 heteroatoms. The van der Waals surface area contributed by atoms with Crippen LogP contribution in [0.2, 0.25) is 0 Å². The predicted molar refractivity (Wildman–Crippen MR) is 63.8 cm³/mol. The average Bonchev–Trinajstić information content (AvgIpc) is 2.77. The summed E-state index contributed by atoms with van der Waals surface area (Å²) in [6, 6.07) is 7.23. The zero-order valence-corrected chi connectivity index (χ0v) is 9.93. The van der Waals surface area contributed by atoms with E-state index in [9.17, 15) is 4.79 Å². The zero-order chi connectivity index (χ0) is 12.7. The highest BCUT2D eigenvalue weighted by molar-refractivity contribution is 6.29. The van der Waals surface area contributed by atoms with Gasteiger partial charge in [0.1, 0.15) is 7.11 Å². The Kier molecular flexibility index (Phi) is 2.26. The standard InChI is InChI=1S/C13H10N2O3/c1-7-10-12(16)9-6-4-3-5-8(9)11(15-17-2)13(10)18-14-7/h3-6H,1-2H3/b15-11-. The van der Waals surface area contributed by atoms with Crippen LogP contribution < -0.4 is 0 Å². The largest absolute Gasteiger partial charge is 0.399 e. The van der Waals surface area contributed by atoms with Crippen molar-refractivity contribution in [1.82, 2.24) is 5.16 Å². The van der Waals surface area contributed by atoms with Crippen LogP contribution in [0, 0.1) is 6.92 Å². The van der Waals surface area contributed by atoms with E-state index in [1.54, 1.807) is 13.0 Å². The number of aryl methyl sites for hydroxylation is 1. The highest BCUT2D eigenvalue weighted by Gasteiger charge is 2.34. The van der Waals surface area contributed by atoms with Crippen molar-refractivity contribution >= 4 is 11.5 Å². The van der Waals surface area contributed by atoms with Crippen molar-refractivity contribution in [3.05, 3.63) is 52.4 Å². The van der Waals surface area contributed by atoms with Gasteiger partial charge < -0.3 is 9.36 Å². The smallest absolute Gasteiger partial charge is 0.200 e. The Bertz CT molecular complexity index is 671. The van der Waals surface area contributed by atoms with Crippen molar-refractivity contribution in [2.45, 2.75) is 6.92 Å². The molecule has 0 fully saturated rings. The molecule has 0 bridgehead atoms. The minimum Gasteiger partial charge on any atom is -0.399 e. The van der Waals surface area contributed by atoms with Crippen molar-refractivity contribution in [1.29, 1.82) is 0 Å². The second-order valence-corrected chi connectivity index (χ2v) is 3.97. The molecule has 0 N–H and O–H groups in total. The monoisotopic (exact) mass is 242 g/mol. The summed E-state index contributed by atoms with van der Waals surface area (Å²) in [5.41, 5.74) is 2.82. The third kappa shape index (κ3) is 1.30. The van der Waals surface area contributed by atoms with E-state index < -0.39 is 0 Å². The lowest BCUT2D eigenvalue weighted by Crippen LogP contribution is -2.20. The third-order valence-electron chi connectivity index (χ3n) is 2.91. The normalized spacial score (nSPS) is 15.4.